The summed E-state index contributed by atoms with van der Waals surface area (Å²) < 4.78 is 0. The van der Waals surface area contributed by atoms with Gasteiger partial charge < -0.3 is 0 Å². The molecule has 0 spiro atoms. The Labute approximate surface area is 48.3 Å². The summed E-state index contributed by atoms with van der Waals surface area (Å²) in [6, 6.07) is 0.271. The molecule has 44 valence electrons. The SMILES string of the molecule is CC1(C)C[C@@H]1N=[N+]=[N-]. The van der Waals surface area contributed by atoms with Crippen molar-refractivity contribution < 1.29 is 0 Å². The van der Waals surface area contributed by atoms with Crippen molar-refractivity contribution in [3.63, 3.8) is 0 Å². The van der Waals surface area contributed by atoms with Gasteiger partial charge in [-0.2, -0.15) is 0 Å². The van der Waals surface area contributed by atoms with Crippen LogP contribution in [-0.2, 0) is 0 Å². The molecule has 0 unspecified atom stereocenters. The van der Waals surface area contributed by atoms with E-state index in [0.717, 1.165) is 6.42 Å². The van der Waals surface area contributed by atoms with Crippen LogP contribution in [0.25, 0.3) is 10.4 Å². The number of hydrogen-bond donors (Lipinski definition) is 0. The molecule has 0 aromatic carbocycles. The molecule has 3 nitrogen and oxygen atoms in total. The van der Waals surface area contributed by atoms with Gasteiger partial charge in [-0.15, -0.1) is 0 Å². The molecule has 0 aliphatic heterocycles. The van der Waals surface area contributed by atoms with Gasteiger partial charge in [0.25, 0.3) is 0 Å². The first kappa shape index (κ1) is 5.45. The quantitative estimate of drug-likeness (QED) is 0.282. The van der Waals surface area contributed by atoms with Crippen molar-refractivity contribution in [1.29, 1.82) is 0 Å². The Morgan fingerprint density at radius 2 is 2.25 bits per heavy atom. The van der Waals surface area contributed by atoms with Crippen LogP contribution in [0.15, 0.2) is 5.11 Å². The van der Waals surface area contributed by atoms with Gasteiger partial charge in [0.2, 0.25) is 0 Å². The van der Waals surface area contributed by atoms with Gasteiger partial charge in [-0.1, -0.05) is 19.0 Å². The Bertz CT molecular complexity index is 144. The number of rotatable bonds is 1. The molecule has 3 heteroatoms. The summed E-state index contributed by atoms with van der Waals surface area (Å²) in [6.07, 6.45) is 1.05. The van der Waals surface area contributed by atoms with Gasteiger partial charge in [-0.3, -0.25) is 0 Å². The second-order valence-corrected chi connectivity index (χ2v) is 2.91. The fourth-order valence-corrected chi connectivity index (χ4v) is 0.699. The number of azide groups is 1. The number of nitrogens with zero attached hydrogens (tertiary/aromatic N) is 3. The maximum atomic E-state index is 7.97. The first-order chi connectivity index (χ1) is 3.67. The van der Waals surface area contributed by atoms with Crippen LogP contribution in [0.4, 0.5) is 0 Å². The highest BCUT2D eigenvalue weighted by Crippen LogP contribution is 2.47. The van der Waals surface area contributed by atoms with E-state index in [9.17, 15) is 0 Å². The molecule has 0 aromatic rings. The predicted molar refractivity (Wildman–Crippen MR) is 31.3 cm³/mol. The minimum atomic E-state index is 0.271. The van der Waals surface area contributed by atoms with Crippen LogP contribution in [0.2, 0.25) is 0 Å². The smallest absolute Gasteiger partial charge is 0.0430 e. The molecule has 1 saturated carbocycles. The van der Waals surface area contributed by atoms with Crippen LogP contribution in [0.5, 0.6) is 0 Å². The normalized spacial score (nSPS) is 31.0. The molecule has 0 radical (unpaired) electrons. The molecular formula is C5H9N3. The lowest BCUT2D eigenvalue weighted by atomic mass is 10.2. The van der Waals surface area contributed by atoms with E-state index in [1.165, 1.54) is 0 Å². The summed E-state index contributed by atoms with van der Waals surface area (Å²) in [6.45, 7) is 4.21. The Morgan fingerprint density at radius 3 is 2.38 bits per heavy atom. The third kappa shape index (κ3) is 0.771. The highest BCUT2D eigenvalue weighted by atomic mass is 15.2. The monoisotopic (exact) mass is 111 g/mol. The van der Waals surface area contributed by atoms with Gasteiger partial charge in [0.05, 0.1) is 0 Å². The lowest BCUT2D eigenvalue weighted by molar-refractivity contribution is 0.616. The summed E-state index contributed by atoms with van der Waals surface area (Å²) in [7, 11) is 0. The molecule has 1 aliphatic carbocycles. The van der Waals surface area contributed by atoms with E-state index in [1.807, 2.05) is 0 Å². The van der Waals surface area contributed by atoms with Crippen molar-refractivity contribution in [3.05, 3.63) is 10.4 Å². The van der Waals surface area contributed by atoms with Gasteiger partial charge >= 0.3 is 0 Å². The molecule has 1 aliphatic rings. The number of hydrogen-bond acceptors (Lipinski definition) is 1. The highest BCUT2D eigenvalue weighted by Gasteiger charge is 2.44. The van der Waals surface area contributed by atoms with Crippen LogP contribution in [0.3, 0.4) is 0 Å². The first-order valence-electron chi connectivity index (χ1n) is 2.71. The van der Waals surface area contributed by atoms with E-state index < -0.39 is 0 Å². The molecule has 1 fully saturated rings. The van der Waals surface area contributed by atoms with E-state index in [4.69, 9.17) is 5.53 Å². The first-order valence-corrected chi connectivity index (χ1v) is 2.71. The summed E-state index contributed by atoms with van der Waals surface area (Å²) in [5.41, 5.74) is 8.27. The molecule has 1 atom stereocenters. The molecule has 0 saturated heterocycles. The Balaban J connectivity index is 2.48. The van der Waals surface area contributed by atoms with E-state index in [1.54, 1.807) is 0 Å². The maximum absolute atomic E-state index is 7.97. The standard InChI is InChI=1S/C5H9N3/c1-5(2)3-4(5)7-8-6/h4H,3H2,1-2H3/t4-/m0/s1. The van der Waals surface area contributed by atoms with Gasteiger partial charge in [0, 0.05) is 11.0 Å². The molecule has 8 heavy (non-hydrogen) atoms. The molecule has 1 rings (SSSR count). The van der Waals surface area contributed by atoms with Crippen LogP contribution in [0.1, 0.15) is 20.3 Å². The molecule has 0 amide bonds. The maximum Gasteiger partial charge on any atom is 0.0430 e. The largest absolute Gasteiger partial charge is 0.0900 e. The van der Waals surface area contributed by atoms with Crippen LogP contribution in [-0.4, -0.2) is 6.04 Å². The summed E-state index contributed by atoms with van der Waals surface area (Å²) in [5, 5.41) is 3.57. The third-order valence-corrected chi connectivity index (χ3v) is 1.65. The second kappa shape index (κ2) is 1.39. The summed E-state index contributed by atoms with van der Waals surface area (Å²) >= 11 is 0. The third-order valence-electron chi connectivity index (χ3n) is 1.65. The molecule has 0 bridgehead atoms. The zero-order valence-corrected chi connectivity index (χ0v) is 5.13. The van der Waals surface area contributed by atoms with Crippen molar-refractivity contribution >= 4 is 0 Å². The van der Waals surface area contributed by atoms with Crippen molar-refractivity contribution in [2.24, 2.45) is 10.5 Å². The van der Waals surface area contributed by atoms with Gasteiger partial charge in [0.15, 0.2) is 0 Å². The fraction of sp³-hybridized carbons (Fsp3) is 1.00. The van der Waals surface area contributed by atoms with E-state index >= 15 is 0 Å². The van der Waals surface area contributed by atoms with Crippen LogP contribution < -0.4 is 0 Å². The van der Waals surface area contributed by atoms with Crippen molar-refractivity contribution in [2.45, 2.75) is 26.3 Å². The van der Waals surface area contributed by atoms with Crippen molar-refractivity contribution in [1.82, 2.24) is 0 Å². The van der Waals surface area contributed by atoms with Gasteiger partial charge in [-0.25, -0.2) is 0 Å². The molecule has 0 aromatic heterocycles. The topological polar surface area (TPSA) is 48.8 Å². The van der Waals surface area contributed by atoms with E-state index in [2.05, 4.69) is 23.9 Å². The summed E-state index contributed by atoms with van der Waals surface area (Å²) in [4.78, 5) is 2.72. The Hall–Kier alpha value is -0.690. The summed E-state index contributed by atoms with van der Waals surface area (Å²) in [5.74, 6) is 0. The van der Waals surface area contributed by atoms with Crippen LogP contribution in [0, 0.1) is 5.41 Å². The predicted octanol–water partition coefficient (Wildman–Crippen LogP) is 2.10. The van der Waals surface area contributed by atoms with Crippen molar-refractivity contribution in [2.75, 3.05) is 0 Å². The minimum absolute atomic E-state index is 0.271. The average molecular weight is 111 g/mol. The molecular weight excluding hydrogens is 102 g/mol. The van der Waals surface area contributed by atoms with Crippen LogP contribution >= 0.6 is 0 Å². The minimum Gasteiger partial charge on any atom is -0.0900 e. The zero-order valence-electron chi connectivity index (χ0n) is 5.13. The van der Waals surface area contributed by atoms with E-state index in [0.29, 0.717) is 5.41 Å². The Kier molecular flexibility index (Phi) is 0.947. The fourth-order valence-electron chi connectivity index (χ4n) is 0.699. The van der Waals surface area contributed by atoms with Gasteiger partial charge in [0.1, 0.15) is 0 Å². The lowest BCUT2D eigenvalue weighted by Crippen LogP contribution is -1.88. The van der Waals surface area contributed by atoms with Gasteiger partial charge in [-0.05, 0) is 17.4 Å². The molecule has 0 heterocycles. The Morgan fingerprint density at radius 1 is 1.75 bits per heavy atom. The highest BCUT2D eigenvalue weighted by molar-refractivity contribution is 5.01. The average Bonchev–Trinajstić information content (AvgIpc) is 2.15. The second-order valence-electron chi connectivity index (χ2n) is 2.91. The van der Waals surface area contributed by atoms with E-state index in [-0.39, 0.29) is 6.04 Å². The van der Waals surface area contributed by atoms with Crippen molar-refractivity contribution in [3.8, 4) is 0 Å². The lowest BCUT2D eigenvalue weighted by Gasteiger charge is -1.92. The zero-order chi connectivity index (χ0) is 6.20. The molecule has 0 N–H and O–H groups in total.